The predicted molar refractivity (Wildman–Crippen MR) is 114 cm³/mol. The number of nitro benzene ring substituents is 1. The second-order valence-electron chi connectivity index (χ2n) is 6.75. The maximum Gasteiger partial charge on any atom is 0.278 e. The molecule has 0 saturated carbocycles. The lowest BCUT2D eigenvalue weighted by molar-refractivity contribution is -0.384. The molecule has 2 amide bonds. The number of hydrogen-bond donors (Lipinski definition) is 1. The molecule has 1 aliphatic heterocycles. The predicted octanol–water partition coefficient (Wildman–Crippen LogP) is 3.22. The highest BCUT2D eigenvalue weighted by Crippen LogP contribution is 2.32. The van der Waals surface area contributed by atoms with Gasteiger partial charge in [-0.25, -0.2) is 0 Å². The molecule has 0 bridgehead atoms. The van der Waals surface area contributed by atoms with Crippen molar-refractivity contribution in [1.29, 1.82) is 0 Å². The van der Waals surface area contributed by atoms with Gasteiger partial charge in [0.15, 0.2) is 0 Å². The Morgan fingerprint density at radius 1 is 1.10 bits per heavy atom. The summed E-state index contributed by atoms with van der Waals surface area (Å²) in [5, 5.41) is 14.0. The fraction of sp³-hybridized carbons (Fsp3) is 0.273. The van der Waals surface area contributed by atoms with Crippen LogP contribution in [-0.2, 0) is 14.3 Å². The van der Waals surface area contributed by atoms with E-state index < -0.39 is 16.7 Å². The van der Waals surface area contributed by atoms with Crippen molar-refractivity contribution < 1.29 is 24.0 Å². The summed E-state index contributed by atoms with van der Waals surface area (Å²) < 4.78 is 10.5. The van der Waals surface area contributed by atoms with Gasteiger partial charge in [0.05, 0.1) is 17.1 Å². The minimum absolute atomic E-state index is 0.100. The highest BCUT2D eigenvalue weighted by molar-refractivity contribution is 6.36. The third-order valence-electron chi connectivity index (χ3n) is 4.68. The number of imide groups is 1. The first kappa shape index (κ1) is 22.0. The topological polar surface area (TPSA) is 111 Å². The van der Waals surface area contributed by atoms with Crippen molar-refractivity contribution in [3.8, 4) is 5.75 Å². The van der Waals surface area contributed by atoms with Crippen LogP contribution >= 0.6 is 0 Å². The Labute approximate surface area is 179 Å². The van der Waals surface area contributed by atoms with Crippen LogP contribution in [-0.4, -0.2) is 48.5 Å². The van der Waals surface area contributed by atoms with E-state index in [0.29, 0.717) is 36.6 Å². The summed E-state index contributed by atoms with van der Waals surface area (Å²) in [6, 6.07) is 12.6. The number of anilines is 1. The van der Waals surface area contributed by atoms with E-state index in [0.717, 1.165) is 4.90 Å². The quantitative estimate of drug-likeness (QED) is 0.269. The van der Waals surface area contributed by atoms with E-state index in [1.165, 1.54) is 24.3 Å². The first-order valence-electron chi connectivity index (χ1n) is 9.80. The molecule has 9 nitrogen and oxygen atoms in total. The molecule has 31 heavy (non-hydrogen) atoms. The Balaban J connectivity index is 1.99. The van der Waals surface area contributed by atoms with E-state index in [9.17, 15) is 19.7 Å². The van der Waals surface area contributed by atoms with Gasteiger partial charge in [-0.1, -0.05) is 6.07 Å². The Bertz CT molecular complexity index is 1020. The lowest BCUT2D eigenvalue weighted by Crippen LogP contribution is -2.33. The van der Waals surface area contributed by atoms with Crippen LogP contribution in [0.5, 0.6) is 5.75 Å². The van der Waals surface area contributed by atoms with Crippen molar-refractivity contribution in [1.82, 2.24) is 4.90 Å². The third-order valence-corrected chi connectivity index (χ3v) is 4.68. The number of non-ortho nitro benzene ring substituents is 1. The minimum atomic E-state index is -0.519. The van der Waals surface area contributed by atoms with Crippen LogP contribution in [0.2, 0.25) is 0 Å². The molecule has 1 N–H and O–H groups in total. The van der Waals surface area contributed by atoms with Gasteiger partial charge in [-0.05, 0) is 43.2 Å². The maximum atomic E-state index is 13.1. The lowest BCUT2D eigenvalue weighted by atomic mass is 10.0. The second-order valence-corrected chi connectivity index (χ2v) is 6.75. The molecule has 0 aromatic heterocycles. The van der Waals surface area contributed by atoms with Crippen LogP contribution in [0.1, 0.15) is 18.9 Å². The third kappa shape index (κ3) is 4.89. The van der Waals surface area contributed by atoms with Crippen LogP contribution in [0, 0.1) is 10.1 Å². The van der Waals surface area contributed by atoms with E-state index in [4.69, 9.17) is 9.47 Å². The standard InChI is InChI=1S/C22H23N3O6/c1-3-31-18-7-4-6-16(14-18)23-20-19(15-8-10-17(11-9-15)25(28)29)21(26)24(22(20)27)12-5-13-30-2/h4,6-11,14,23H,3,5,12-13H2,1-2H3. The lowest BCUT2D eigenvalue weighted by Gasteiger charge is -2.15. The number of benzene rings is 2. The molecule has 162 valence electrons. The van der Waals surface area contributed by atoms with Crippen molar-refractivity contribution in [2.24, 2.45) is 0 Å². The second kappa shape index (κ2) is 9.86. The fourth-order valence-corrected chi connectivity index (χ4v) is 3.25. The number of nitrogens with zero attached hydrogens (tertiary/aromatic N) is 2. The number of nitrogens with one attached hydrogen (secondary N) is 1. The highest BCUT2D eigenvalue weighted by atomic mass is 16.6. The Morgan fingerprint density at radius 2 is 1.84 bits per heavy atom. The molecule has 0 aliphatic carbocycles. The Hall–Kier alpha value is -3.72. The number of rotatable bonds is 10. The number of ether oxygens (including phenoxy) is 2. The van der Waals surface area contributed by atoms with E-state index in [1.807, 2.05) is 6.92 Å². The number of amides is 2. The first-order chi connectivity index (χ1) is 15.0. The van der Waals surface area contributed by atoms with Crippen LogP contribution < -0.4 is 10.1 Å². The van der Waals surface area contributed by atoms with Gasteiger partial charge in [0, 0.05) is 44.1 Å². The molecule has 1 aliphatic rings. The zero-order valence-corrected chi connectivity index (χ0v) is 17.3. The normalized spacial score (nSPS) is 13.7. The van der Waals surface area contributed by atoms with Crippen molar-refractivity contribution >= 4 is 28.8 Å². The number of methoxy groups -OCH3 is 1. The van der Waals surface area contributed by atoms with E-state index in [1.54, 1.807) is 31.4 Å². The number of hydrogen-bond acceptors (Lipinski definition) is 7. The molecule has 9 heteroatoms. The van der Waals surface area contributed by atoms with E-state index in [2.05, 4.69) is 5.32 Å². The average molecular weight is 425 g/mol. The SMILES string of the molecule is CCOc1cccc(NC2=C(c3ccc([N+](=O)[O-])cc3)C(=O)N(CCCOC)C2=O)c1. The van der Waals surface area contributed by atoms with Gasteiger partial charge >= 0.3 is 0 Å². The maximum absolute atomic E-state index is 13.1. The monoisotopic (exact) mass is 425 g/mol. The molecule has 0 saturated heterocycles. The molecule has 0 spiro atoms. The minimum Gasteiger partial charge on any atom is -0.494 e. The highest BCUT2D eigenvalue weighted by Gasteiger charge is 2.39. The van der Waals surface area contributed by atoms with Gasteiger partial charge in [-0.2, -0.15) is 0 Å². The molecule has 0 unspecified atom stereocenters. The summed E-state index contributed by atoms with van der Waals surface area (Å²) in [5.41, 5.74) is 1.18. The molecule has 2 aromatic rings. The Morgan fingerprint density at radius 3 is 2.48 bits per heavy atom. The number of carbonyl (C=O) groups is 2. The van der Waals surface area contributed by atoms with Crippen molar-refractivity contribution in [2.45, 2.75) is 13.3 Å². The number of nitro groups is 1. The van der Waals surface area contributed by atoms with E-state index >= 15 is 0 Å². The van der Waals surface area contributed by atoms with Gasteiger partial charge in [-0.15, -0.1) is 0 Å². The van der Waals surface area contributed by atoms with Gasteiger partial charge < -0.3 is 14.8 Å². The summed E-state index contributed by atoms with van der Waals surface area (Å²) in [5.74, 6) is -0.298. The van der Waals surface area contributed by atoms with Gasteiger partial charge in [0.25, 0.3) is 17.5 Å². The zero-order valence-electron chi connectivity index (χ0n) is 17.3. The van der Waals surface area contributed by atoms with Crippen LogP contribution in [0.4, 0.5) is 11.4 Å². The smallest absolute Gasteiger partial charge is 0.278 e. The molecule has 0 atom stereocenters. The Kier molecular flexibility index (Phi) is 6.99. The van der Waals surface area contributed by atoms with Crippen molar-refractivity contribution in [3.63, 3.8) is 0 Å². The first-order valence-corrected chi connectivity index (χ1v) is 9.80. The fourth-order valence-electron chi connectivity index (χ4n) is 3.25. The molecule has 3 rings (SSSR count). The number of carbonyl (C=O) groups excluding carboxylic acids is 2. The zero-order chi connectivity index (χ0) is 22.4. The largest absolute Gasteiger partial charge is 0.494 e. The summed E-state index contributed by atoms with van der Waals surface area (Å²) in [6.45, 7) is 2.96. The molecule has 0 radical (unpaired) electrons. The molecular weight excluding hydrogens is 402 g/mol. The summed E-state index contributed by atoms with van der Waals surface area (Å²) in [6.07, 6.45) is 0.495. The summed E-state index contributed by atoms with van der Waals surface area (Å²) in [7, 11) is 1.55. The molecule has 0 fully saturated rings. The van der Waals surface area contributed by atoms with Crippen LogP contribution in [0.15, 0.2) is 54.2 Å². The van der Waals surface area contributed by atoms with Crippen molar-refractivity contribution in [2.75, 3.05) is 32.2 Å². The average Bonchev–Trinajstić information content (AvgIpc) is 2.98. The summed E-state index contributed by atoms with van der Waals surface area (Å²) >= 11 is 0. The van der Waals surface area contributed by atoms with Gasteiger partial charge in [0.1, 0.15) is 11.4 Å². The summed E-state index contributed by atoms with van der Waals surface area (Å²) in [4.78, 5) is 37.8. The van der Waals surface area contributed by atoms with Gasteiger partial charge in [-0.3, -0.25) is 24.6 Å². The van der Waals surface area contributed by atoms with Crippen LogP contribution in [0.3, 0.4) is 0 Å². The molecular formula is C22H23N3O6. The van der Waals surface area contributed by atoms with Crippen LogP contribution in [0.25, 0.3) is 5.57 Å². The van der Waals surface area contributed by atoms with Crippen molar-refractivity contribution in [3.05, 3.63) is 69.9 Å². The van der Waals surface area contributed by atoms with Gasteiger partial charge in [0.2, 0.25) is 0 Å². The van der Waals surface area contributed by atoms with E-state index in [-0.39, 0.29) is 23.5 Å². The molecule has 1 heterocycles. The molecule has 2 aromatic carbocycles.